The molecule has 1 aliphatic heterocycles. The first-order chi connectivity index (χ1) is 10.3. The SMILES string of the molecule is O=C(NCc1cc(-c2ccc3c(c2)OCO3)on1)C1CC1. The average Bonchev–Trinajstić information content (AvgIpc) is 3.07. The largest absolute Gasteiger partial charge is 0.454 e. The summed E-state index contributed by atoms with van der Waals surface area (Å²) in [5.41, 5.74) is 1.57. The molecule has 6 nitrogen and oxygen atoms in total. The van der Waals surface area contributed by atoms with Gasteiger partial charge in [0.15, 0.2) is 17.3 Å². The number of fused-ring (bicyclic) bond motifs is 1. The van der Waals surface area contributed by atoms with Gasteiger partial charge in [0.25, 0.3) is 0 Å². The number of carbonyl (C=O) groups excluding carboxylic acids is 1. The van der Waals surface area contributed by atoms with Crippen molar-refractivity contribution in [3.63, 3.8) is 0 Å². The smallest absolute Gasteiger partial charge is 0.231 e. The van der Waals surface area contributed by atoms with Crippen LogP contribution < -0.4 is 14.8 Å². The van der Waals surface area contributed by atoms with Gasteiger partial charge in [-0.25, -0.2) is 0 Å². The minimum absolute atomic E-state index is 0.0997. The highest BCUT2D eigenvalue weighted by Gasteiger charge is 2.29. The predicted molar refractivity (Wildman–Crippen MR) is 72.6 cm³/mol. The number of amides is 1. The number of benzene rings is 1. The van der Waals surface area contributed by atoms with Crippen LogP contribution in [0, 0.1) is 5.92 Å². The van der Waals surface area contributed by atoms with Crippen LogP contribution in [-0.4, -0.2) is 17.9 Å². The molecule has 0 radical (unpaired) electrons. The topological polar surface area (TPSA) is 73.6 Å². The maximum absolute atomic E-state index is 11.6. The van der Waals surface area contributed by atoms with Crippen LogP contribution in [0.15, 0.2) is 28.8 Å². The maximum atomic E-state index is 11.6. The molecular formula is C15H14N2O4. The van der Waals surface area contributed by atoms with E-state index >= 15 is 0 Å². The molecule has 1 saturated carbocycles. The molecule has 1 amide bonds. The van der Waals surface area contributed by atoms with Crippen LogP contribution >= 0.6 is 0 Å². The number of ether oxygens (including phenoxy) is 2. The normalized spacial score (nSPS) is 16.0. The molecule has 108 valence electrons. The van der Waals surface area contributed by atoms with Crippen LogP contribution in [0.25, 0.3) is 11.3 Å². The lowest BCUT2D eigenvalue weighted by molar-refractivity contribution is -0.122. The first-order valence-electron chi connectivity index (χ1n) is 6.93. The third kappa shape index (κ3) is 2.44. The van der Waals surface area contributed by atoms with Crippen molar-refractivity contribution in [2.75, 3.05) is 6.79 Å². The second-order valence-corrected chi connectivity index (χ2v) is 5.24. The van der Waals surface area contributed by atoms with Gasteiger partial charge in [0.05, 0.1) is 6.54 Å². The van der Waals surface area contributed by atoms with Gasteiger partial charge in [-0.1, -0.05) is 5.16 Å². The molecule has 0 unspecified atom stereocenters. The van der Waals surface area contributed by atoms with Gasteiger partial charge < -0.3 is 19.3 Å². The highest BCUT2D eigenvalue weighted by molar-refractivity contribution is 5.80. The van der Waals surface area contributed by atoms with E-state index < -0.39 is 0 Å². The van der Waals surface area contributed by atoms with Crippen molar-refractivity contribution in [3.8, 4) is 22.8 Å². The van der Waals surface area contributed by atoms with Gasteiger partial charge in [-0.05, 0) is 31.0 Å². The Balaban J connectivity index is 1.47. The summed E-state index contributed by atoms with van der Waals surface area (Å²) in [6.45, 7) is 0.636. The lowest BCUT2D eigenvalue weighted by Gasteiger charge is -1.99. The number of hydrogen-bond donors (Lipinski definition) is 1. The van der Waals surface area contributed by atoms with Crippen molar-refractivity contribution in [1.82, 2.24) is 10.5 Å². The van der Waals surface area contributed by atoms with Crippen molar-refractivity contribution in [3.05, 3.63) is 30.0 Å². The molecule has 0 bridgehead atoms. The van der Waals surface area contributed by atoms with E-state index in [-0.39, 0.29) is 18.6 Å². The first-order valence-corrected chi connectivity index (χ1v) is 6.93. The molecule has 4 rings (SSSR count). The molecule has 2 heterocycles. The van der Waals surface area contributed by atoms with Gasteiger partial charge in [-0.2, -0.15) is 0 Å². The highest BCUT2D eigenvalue weighted by Crippen LogP contribution is 2.36. The molecule has 1 fully saturated rings. The Kier molecular flexibility index (Phi) is 2.80. The zero-order valence-corrected chi connectivity index (χ0v) is 11.3. The Labute approximate surface area is 121 Å². The monoisotopic (exact) mass is 286 g/mol. The van der Waals surface area contributed by atoms with Gasteiger partial charge in [0.1, 0.15) is 5.69 Å². The first kappa shape index (κ1) is 12.3. The van der Waals surface area contributed by atoms with E-state index in [4.69, 9.17) is 14.0 Å². The summed E-state index contributed by atoms with van der Waals surface area (Å²) in [4.78, 5) is 11.6. The Hall–Kier alpha value is -2.50. The molecule has 2 aromatic rings. The van der Waals surface area contributed by atoms with E-state index in [9.17, 15) is 4.79 Å². The molecule has 1 aliphatic carbocycles. The third-order valence-corrected chi connectivity index (χ3v) is 3.61. The Morgan fingerprint density at radius 2 is 2.10 bits per heavy atom. The zero-order chi connectivity index (χ0) is 14.2. The fourth-order valence-corrected chi connectivity index (χ4v) is 2.25. The minimum atomic E-state index is 0.0997. The van der Waals surface area contributed by atoms with Crippen molar-refractivity contribution in [1.29, 1.82) is 0 Å². The van der Waals surface area contributed by atoms with Gasteiger partial charge >= 0.3 is 0 Å². The van der Waals surface area contributed by atoms with Crippen LogP contribution in [0.5, 0.6) is 11.5 Å². The standard InChI is InChI=1S/C15H14N2O4/c18-15(9-1-2-9)16-7-11-6-13(21-17-11)10-3-4-12-14(5-10)20-8-19-12/h3-6,9H,1-2,7-8H2,(H,16,18). The second-order valence-electron chi connectivity index (χ2n) is 5.24. The average molecular weight is 286 g/mol. The van der Waals surface area contributed by atoms with Crippen LogP contribution in [-0.2, 0) is 11.3 Å². The number of carbonyl (C=O) groups is 1. The molecule has 0 atom stereocenters. The summed E-state index contributed by atoms with van der Waals surface area (Å²) in [5, 5.41) is 6.84. The molecule has 6 heteroatoms. The zero-order valence-electron chi connectivity index (χ0n) is 11.3. The Morgan fingerprint density at radius 3 is 2.95 bits per heavy atom. The minimum Gasteiger partial charge on any atom is -0.454 e. The molecule has 21 heavy (non-hydrogen) atoms. The Bertz CT molecular complexity index is 691. The lowest BCUT2D eigenvalue weighted by atomic mass is 10.1. The Morgan fingerprint density at radius 1 is 1.24 bits per heavy atom. The summed E-state index contributed by atoms with van der Waals surface area (Å²) in [6, 6.07) is 7.41. The lowest BCUT2D eigenvalue weighted by Crippen LogP contribution is -2.24. The summed E-state index contributed by atoms with van der Waals surface area (Å²) in [7, 11) is 0. The number of rotatable bonds is 4. The number of nitrogens with one attached hydrogen (secondary N) is 1. The van der Waals surface area contributed by atoms with Crippen molar-refractivity contribution >= 4 is 5.91 Å². The van der Waals surface area contributed by atoms with E-state index in [0.717, 1.165) is 24.2 Å². The molecular weight excluding hydrogens is 272 g/mol. The summed E-state index contributed by atoms with van der Waals surface area (Å²) in [5.74, 6) is 2.37. The van der Waals surface area contributed by atoms with E-state index in [1.807, 2.05) is 24.3 Å². The van der Waals surface area contributed by atoms with Gasteiger partial charge in [0.2, 0.25) is 12.7 Å². The van der Waals surface area contributed by atoms with Crippen LogP contribution in [0.2, 0.25) is 0 Å². The van der Waals surface area contributed by atoms with Gasteiger partial charge in [-0.15, -0.1) is 0 Å². The number of nitrogens with zero attached hydrogens (tertiary/aromatic N) is 1. The van der Waals surface area contributed by atoms with E-state index in [1.54, 1.807) is 0 Å². The van der Waals surface area contributed by atoms with Crippen molar-refractivity contribution in [2.24, 2.45) is 5.92 Å². The number of aromatic nitrogens is 1. The summed E-state index contributed by atoms with van der Waals surface area (Å²) < 4.78 is 15.9. The summed E-state index contributed by atoms with van der Waals surface area (Å²) in [6.07, 6.45) is 1.99. The van der Waals surface area contributed by atoms with Crippen LogP contribution in [0.1, 0.15) is 18.5 Å². The van der Waals surface area contributed by atoms with E-state index in [1.165, 1.54) is 0 Å². The highest BCUT2D eigenvalue weighted by atomic mass is 16.7. The van der Waals surface area contributed by atoms with E-state index in [2.05, 4.69) is 10.5 Å². The quantitative estimate of drug-likeness (QED) is 0.931. The fraction of sp³-hybridized carbons (Fsp3) is 0.333. The van der Waals surface area contributed by atoms with Gasteiger partial charge in [-0.3, -0.25) is 4.79 Å². The molecule has 1 aromatic carbocycles. The molecule has 1 N–H and O–H groups in total. The van der Waals surface area contributed by atoms with Crippen LogP contribution in [0.4, 0.5) is 0 Å². The second kappa shape index (κ2) is 4.80. The van der Waals surface area contributed by atoms with Crippen molar-refractivity contribution in [2.45, 2.75) is 19.4 Å². The third-order valence-electron chi connectivity index (χ3n) is 3.61. The van der Waals surface area contributed by atoms with E-state index in [0.29, 0.717) is 23.7 Å². The maximum Gasteiger partial charge on any atom is 0.231 e. The van der Waals surface area contributed by atoms with Crippen LogP contribution in [0.3, 0.4) is 0 Å². The molecule has 2 aliphatic rings. The fourth-order valence-electron chi connectivity index (χ4n) is 2.25. The summed E-state index contributed by atoms with van der Waals surface area (Å²) >= 11 is 0. The predicted octanol–water partition coefficient (Wildman–Crippen LogP) is 2.10. The molecule has 0 spiro atoms. The molecule has 1 aromatic heterocycles. The van der Waals surface area contributed by atoms with Gasteiger partial charge in [0, 0.05) is 17.5 Å². The number of hydrogen-bond acceptors (Lipinski definition) is 5. The molecule has 0 saturated heterocycles. The van der Waals surface area contributed by atoms with Crippen molar-refractivity contribution < 1.29 is 18.8 Å².